The smallest absolute Gasteiger partial charge is 0.271 e. The molecule has 3 aromatic rings. The van der Waals surface area contributed by atoms with Crippen molar-refractivity contribution in [2.45, 2.75) is 63.7 Å². The molecule has 2 aliphatic rings. The SMILES string of the molecule is CC1(C=O)Cn2c(ccc2-c2ccccc2)C(=O)N1Cc1cccc(F)c1.CNC1CCCCC1. The summed E-state index contributed by atoms with van der Waals surface area (Å²) in [5, 5.41) is 3.30. The molecule has 1 saturated carbocycles. The van der Waals surface area contributed by atoms with Crippen LogP contribution >= 0.6 is 0 Å². The van der Waals surface area contributed by atoms with Crippen molar-refractivity contribution >= 4 is 12.2 Å². The Bertz CT molecular complexity index is 1150. The van der Waals surface area contributed by atoms with Crippen molar-refractivity contribution in [1.29, 1.82) is 0 Å². The van der Waals surface area contributed by atoms with Crippen molar-refractivity contribution in [3.63, 3.8) is 0 Å². The quantitative estimate of drug-likeness (QED) is 0.500. The molecule has 1 atom stereocenters. The van der Waals surface area contributed by atoms with Crippen LogP contribution < -0.4 is 5.32 Å². The lowest BCUT2D eigenvalue weighted by molar-refractivity contribution is -0.118. The molecule has 0 spiro atoms. The van der Waals surface area contributed by atoms with Crippen LogP contribution in [0.1, 0.15) is 55.1 Å². The molecule has 5 nitrogen and oxygen atoms in total. The van der Waals surface area contributed by atoms with Crippen LogP contribution in [0.3, 0.4) is 0 Å². The minimum atomic E-state index is -1.01. The monoisotopic (exact) mass is 475 g/mol. The number of aromatic nitrogens is 1. The van der Waals surface area contributed by atoms with Gasteiger partial charge in [-0.3, -0.25) is 4.79 Å². The number of halogens is 1. The van der Waals surface area contributed by atoms with E-state index < -0.39 is 5.54 Å². The molecule has 2 heterocycles. The summed E-state index contributed by atoms with van der Waals surface area (Å²) in [6.07, 6.45) is 7.93. The molecule has 6 heteroatoms. The highest BCUT2D eigenvalue weighted by Gasteiger charge is 2.42. The van der Waals surface area contributed by atoms with Gasteiger partial charge in [-0.2, -0.15) is 0 Å². The number of benzene rings is 2. The van der Waals surface area contributed by atoms with Crippen LogP contribution in [0.25, 0.3) is 11.3 Å². The van der Waals surface area contributed by atoms with E-state index in [9.17, 15) is 14.0 Å². The zero-order chi connectivity index (χ0) is 24.8. The molecule has 0 bridgehead atoms. The van der Waals surface area contributed by atoms with Crippen LogP contribution in [0, 0.1) is 5.82 Å². The van der Waals surface area contributed by atoms with Crippen LogP contribution in [0.2, 0.25) is 0 Å². The maximum atomic E-state index is 13.5. The maximum absolute atomic E-state index is 13.5. The van der Waals surface area contributed by atoms with E-state index in [1.807, 2.05) is 41.0 Å². The molecular formula is C29H34FN3O2. The summed E-state index contributed by atoms with van der Waals surface area (Å²) < 4.78 is 15.4. The van der Waals surface area contributed by atoms with Crippen molar-refractivity contribution < 1.29 is 14.0 Å². The Balaban J connectivity index is 0.000000308. The number of nitrogens with zero attached hydrogens (tertiary/aromatic N) is 2. The summed E-state index contributed by atoms with van der Waals surface area (Å²) in [4.78, 5) is 26.7. The minimum absolute atomic E-state index is 0.178. The van der Waals surface area contributed by atoms with Crippen molar-refractivity contribution in [2.24, 2.45) is 0 Å². The lowest BCUT2D eigenvalue weighted by atomic mass is 9.96. The Kier molecular flexibility index (Phi) is 7.81. The maximum Gasteiger partial charge on any atom is 0.271 e. The van der Waals surface area contributed by atoms with Crippen molar-refractivity contribution in [3.05, 3.63) is 83.8 Å². The highest BCUT2D eigenvalue weighted by atomic mass is 19.1. The number of carbonyl (C=O) groups excluding carboxylic acids is 2. The van der Waals surface area contributed by atoms with Gasteiger partial charge in [0.1, 0.15) is 23.3 Å². The van der Waals surface area contributed by atoms with E-state index in [4.69, 9.17) is 0 Å². The third-order valence-electron chi connectivity index (χ3n) is 7.11. The van der Waals surface area contributed by atoms with Gasteiger partial charge in [0, 0.05) is 18.3 Å². The molecule has 0 saturated heterocycles. The molecule has 0 radical (unpaired) electrons. The van der Waals surface area contributed by atoms with Crippen LogP contribution in [-0.4, -0.2) is 40.3 Å². The molecule has 2 aromatic carbocycles. The number of nitrogens with one attached hydrogen (secondary N) is 1. The molecule has 1 aliphatic heterocycles. The molecule has 5 rings (SSSR count). The number of fused-ring (bicyclic) bond motifs is 1. The molecule has 1 unspecified atom stereocenters. The third kappa shape index (κ3) is 5.54. The molecule has 1 aromatic heterocycles. The average Bonchev–Trinajstić information content (AvgIpc) is 3.31. The van der Waals surface area contributed by atoms with E-state index in [-0.39, 0.29) is 18.3 Å². The molecule has 1 N–H and O–H groups in total. The van der Waals surface area contributed by atoms with Gasteiger partial charge in [0.05, 0.1) is 6.54 Å². The highest BCUT2D eigenvalue weighted by molar-refractivity contribution is 5.97. The van der Waals surface area contributed by atoms with E-state index in [1.165, 1.54) is 49.1 Å². The van der Waals surface area contributed by atoms with E-state index in [1.54, 1.807) is 25.1 Å². The van der Waals surface area contributed by atoms with Crippen LogP contribution in [0.5, 0.6) is 0 Å². The average molecular weight is 476 g/mol. The van der Waals surface area contributed by atoms with E-state index in [0.29, 0.717) is 17.8 Å². The lowest BCUT2D eigenvalue weighted by Gasteiger charge is -2.42. The van der Waals surface area contributed by atoms with Crippen molar-refractivity contribution in [1.82, 2.24) is 14.8 Å². The first kappa shape index (κ1) is 24.9. The van der Waals surface area contributed by atoms with Gasteiger partial charge in [-0.15, -0.1) is 0 Å². The summed E-state index contributed by atoms with van der Waals surface area (Å²) in [5.74, 6) is -0.596. The van der Waals surface area contributed by atoms with Gasteiger partial charge in [-0.05, 0) is 62.2 Å². The number of rotatable bonds is 5. The third-order valence-corrected chi connectivity index (χ3v) is 7.11. The summed E-state index contributed by atoms with van der Waals surface area (Å²) in [5.41, 5.74) is 2.06. The fraction of sp³-hybridized carbons (Fsp3) is 0.379. The summed E-state index contributed by atoms with van der Waals surface area (Å²) in [7, 11) is 2.07. The van der Waals surface area contributed by atoms with Crippen molar-refractivity contribution in [2.75, 3.05) is 7.05 Å². The van der Waals surface area contributed by atoms with Gasteiger partial charge >= 0.3 is 0 Å². The first-order chi connectivity index (χ1) is 16.9. The van der Waals surface area contributed by atoms with Crippen LogP contribution in [0.4, 0.5) is 4.39 Å². The van der Waals surface area contributed by atoms with Gasteiger partial charge in [0.15, 0.2) is 0 Å². The first-order valence-electron chi connectivity index (χ1n) is 12.4. The Morgan fingerprint density at radius 2 is 1.71 bits per heavy atom. The zero-order valence-corrected chi connectivity index (χ0v) is 20.5. The van der Waals surface area contributed by atoms with Gasteiger partial charge in [-0.25, -0.2) is 4.39 Å². The largest absolute Gasteiger partial charge is 0.334 e. The second-order valence-corrected chi connectivity index (χ2v) is 9.68. The molecule has 1 aliphatic carbocycles. The molecule has 35 heavy (non-hydrogen) atoms. The minimum Gasteiger partial charge on any atom is -0.334 e. The summed E-state index contributed by atoms with van der Waals surface area (Å²) in [6, 6.07) is 20.4. The van der Waals surface area contributed by atoms with Crippen LogP contribution in [-0.2, 0) is 17.9 Å². The topological polar surface area (TPSA) is 54.3 Å². The van der Waals surface area contributed by atoms with Gasteiger partial charge in [0.2, 0.25) is 0 Å². The number of hydrogen-bond acceptors (Lipinski definition) is 3. The second-order valence-electron chi connectivity index (χ2n) is 9.68. The molecule has 1 amide bonds. The number of amides is 1. The summed E-state index contributed by atoms with van der Waals surface area (Å²) >= 11 is 0. The zero-order valence-electron chi connectivity index (χ0n) is 20.5. The number of hydrogen-bond donors (Lipinski definition) is 1. The van der Waals surface area contributed by atoms with Gasteiger partial charge in [-0.1, -0.05) is 61.7 Å². The fourth-order valence-electron chi connectivity index (χ4n) is 5.02. The number of carbonyl (C=O) groups is 2. The van der Waals surface area contributed by atoms with Gasteiger partial charge in [0.25, 0.3) is 5.91 Å². The van der Waals surface area contributed by atoms with Crippen molar-refractivity contribution in [3.8, 4) is 11.3 Å². The number of aldehydes is 1. The molecule has 184 valence electrons. The second kappa shape index (κ2) is 11.0. The molecular weight excluding hydrogens is 441 g/mol. The summed E-state index contributed by atoms with van der Waals surface area (Å²) in [6.45, 7) is 2.27. The van der Waals surface area contributed by atoms with Gasteiger partial charge < -0.3 is 19.6 Å². The lowest BCUT2D eigenvalue weighted by Crippen LogP contribution is -2.57. The predicted octanol–water partition coefficient (Wildman–Crippen LogP) is 5.45. The fourth-order valence-corrected chi connectivity index (χ4v) is 5.02. The van der Waals surface area contributed by atoms with E-state index in [2.05, 4.69) is 12.4 Å². The molecule has 1 fully saturated rings. The van der Waals surface area contributed by atoms with Crippen LogP contribution in [0.15, 0.2) is 66.7 Å². The predicted molar refractivity (Wildman–Crippen MR) is 137 cm³/mol. The Labute approximate surface area is 207 Å². The Morgan fingerprint density at radius 1 is 1.00 bits per heavy atom. The standard InChI is InChI=1S/C22H19FN2O2.C7H15N/c1-22(15-26)14-24-19(17-7-3-2-4-8-17)10-11-20(24)21(27)25(22)13-16-6-5-9-18(23)12-16;1-8-7-5-3-2-4-6-7/h2-12,15H,13-14H2,1H3;7-8H,2-6H2,1H3. The Morgan fingerprint density at radius 3 is 2.34 bits per heavy atom. The Hall–Kier alpha value is -3.25. The highest BCUT2D eigenvalue weighted by Crippen LogP contribution is 2.33. The van der Waals surface area contributed by atoms with E-state index >= 15 is 0 Å². The first-order valence-corrected chi connectivity index (χ1v) is 12.4. The van der Waals surface area contributed by atoms with E-state index in [0.717, 1.165) is 23.6 Å². The normalized spacial score (nSPS) is 20.1.